The van der Waals surface area contributed by atoms with Gasteiger partial charge >= 0.3 is 6.03 Å². The molecule has 0 fully saturated rings. The second kappa shape index (κ2) is 6.47. The van der Waals surface area contributed by atoms with Crippen molar-refractivity contribution >= 4 is 46.6 Å². The Morgan fingerprint density at radius 2 is 1.62 bits per heavy atom. The minimum absolute atomic E-state index is 0.0378. The second-order valence-corrected chi connectivity index (χ2v) is 4.92. The number of hydrogen-bond donors (Lipinski definition) is 2. The van der Waals surface area contributed by atoms with Crippen molar-refractivity contribution in [2.45, 2.75) is 0 Å². The summed E-state index contributed by atoms with van der Waals surface area (Å²) in [6, 6.07) is 10.1. The van der Waals surface area contributed by atoms with Gasteiger partial charge in [-0.1, -0.05) is 29.3 Å². The number of rotatable bonds is 3. The summed E-state index contributed by atoms with van der Waals surface area (Å²) in [5.74, 6) is -1.42. The normalized spacial score (nSPS) is 10.0. The predicted octanol–water partition coefficient (Wildman–Crippen LogP) is 3.00. The van der Waals surface area contributed by atoms with Crippen LogP contribution in [0.5, 0.6) is 0 Å². The molecule has 0 heterocycles. The molecule has 0 unspecified atom stereocenters. The molecule has 0 atom stereocenters. The number of benzene rings is 2. The average molecular weight is 324 g/mol. The van der Waals surface area contributed by atoms with Gasteiger partial charge in [0, 0.05) is 27.0 Å². The van der Waals surface area contributed by atoms with E-state index in [1.165, 1.54) is 18.2 Å². The number of halogens is 2. The van der Waals surface area contributed by atoms with Gasteiger partial charge in [0.05, 0.1) is 5.97 Å². The van der Waals surface area contributed by atoms with Crippen LogP contribution in [-0.2, 0) is 0 Å². The summed E-state index contributed by atoms with van der Waals surface area (Å²) in [6.07, 6.45) is 0. The summed E-state index contributed by atoms with van der Waals surface area (Å²) in [5, 5.41) is 16.4. The van der Waals surface area contributed by atoms with Crippen molar-refractivity contribution in [3.63, 3.8) is 0 Å². The number of nitrogens with one attached hydrogen (secondary N) is 2. The van der Waals surface area contributed by atoms with Crippen LogP contribution in [-0.4, -0.2) is 12.0 Å². The average Bonchev–Trinajstić information content (AvgIpc) is 2.40. The Morgan fingerprint density at radius 3 is 2.24 bits per heavy atom. The third-order valence-electron chi connectivity index (χ3n) is 2.53. The first-order valence-corrected chi connectivity index (χ1v) is 6.56. The number of urea groups is 1. The first-order valence-electron chi connectivity index (χ1n) is 5.80. The standard InChI is InChI=1S/C14H10Cl2N2O3/c15-8-2-1-3-9(6-8)17-14(21)18-10-4-5-12(16)11(7-10)13(19)20/h1-7H,(H,19,20)(H2,17,18,21)/p-1. The van der Waals surface area contributed by atoms with Crippen molar-refractivity contribution in [2.24, 2.45) is 0 Å². The van der Waals surface area contributed by atoms with Crippen molar-refractivity contribution in [1.82, 2.24) is 0 Å². The van der Waals surface area contributed by atoms with Crippen molar-refractivity contribution in [2.75, 3.05) is 10.6 Å². The fraction of sp³-hybridized carbons (Fsp3) is 0. The Balaban J connectivity index is 2.09. The van der Waals surface area contributed by atoms with Gasteiger partial charge < -0.3 is 20.5 Å². The Hall–Kier alpha value is -2.24. The van der Waals surface area contributed by atoms with Gasteiger partial charge in [-0.05, 0) is 36.4 Å². The highest BCUT2D eigenvalue weighted by Gasteiger charge is 2.07. The summed E-state index contributed by atoms with van der Waals surface area (Å²) < 4.78 is 0. The Morgan fingerprint density at radius 1 is 0.952 bits per heavy atom. The van der Waals surface area contributed by atoms with E-state index < -0.39 is 12.0 Å². The van der Waals surface area contributed by atoms with Crippen LogP contribution in [0.2, 0.25) is 10.0 Å². The topological polar surface area (TPSA) is 81.3 Å². The molecule has 0 spiro atoms. The molecule has 0 aliphatic rings. The van der Waals surface area contributed by atoms with Crippen LogP contribution >= 0.6 is 23.2 Å². The molecule has 0 bridgehead atoms. The molecular weight excluding hydrogens is 315 g/mol. The second-order valence-electron chi connectivity index (χ2n) is 4.07. The van der Waals surface area contributed by atoms with Crippen molar-refractivity contribution in [1.29, 1.82) is 0 Å². The van der Waals surface area contributed by atoms with Gasteiger partial charge in [0.1, 0.15) is 0 Å². The smallest absolute Gasteiger partial charge is 0.323 e. The van der Waals surface area contributed by atoms with Gasteiger partial charge in [-0.2, -0.15) is 0 Å². The molecule has 5 nitrogen and oxygen atoms in total. The number of anilines is 2. The molecule has 0 aliphatic carbocycles. The monoisotopic (exact) mass is 323 g/mol. The van der Waals surface area contributed by atoms with Crippen LogP contribution in [0.1, 0.15) is 10.4 Å². The molecule has 0 saturated heterocycles. The third kappa shape index (κ3) is 4.11. The molecular formula is C14H9Cl2N2O3-. The number of carboxylic acids is 1. The van der Waals surface area contributed by atoms with Gasteiger partial charge in [-0.15, -0.1) is 0 Å². The summed E-state index contributed by atoms with van der Waals surface area (Å²) in [4.78, 5) is 22.6. The highest BCUT2D eigenvalue weighted by molar-refractivity contribution is 6.33. The molecule has 2 aromatic rings. The maximum atomic E-state index is 11.8. The fourth-order valence-corrected chi connectivity index (χ4v) is 2.00. The van der Waals surface area contributed by atoms with Gasteiger partial charge in [-0.25, -0.2) is 4.79 Å². The zero-order valence-electron chi connectivity index (χ0n) is 10.5. The molecule has 0 saturated carbocycles. The van der Waals surface area contributed by atoms with Crippen molar-refractivity contribution in [3.8, 4) is 0 Å². The molecule has 2 aromatic carbocycles. The lowest BCUT2D eigenvalue weighted by Gasteiger charge is -2.11. The number of carboxylic acid groups (broad SMARTS) is 1. The van der Waals surface area contributed by atoms with E-state index in [4.69, 9.17) is 23.2 Å². The van der Waals surface area contributed by atoms with E-state index in [0.717, 1.165) is 0 Å². The highest BCUT2D eigenvalue weighted by atomic mass is 35.5. The lowest BCUT2D eigenvalue weighted by atomic mass is 10.2. The van der Waals surface area contributed by atoms with Gasteiger partial charge in [0.25, 0.3) is 0 Å². The lowest BCUT2D eigenvalue weighted by molar-refractivity contribution is -0.255. The SMILES string of the molecule is O=C(Nc1cccc(Cl)c1)Nc1ccc(Cl)c(C(=O)[O-])c1. The first-order chi connectivity index (χ1) is 9.95. The van der Waals surface area contributed by atoms with Crippen LogP contribution in [0, 0.1) is 0 Å². The van der Waals surface area contributed by atoms with E-state index in [9.17, 15) is 14.7 Å². The Labute approximate surface area is 130 Å². The van der Waals surface area contributed by atoms with Crippen LogP contribution < -0.4 is 15.7 Å². The van der Waals surface area contributed by atoms with Gasteiger partial charge in [0.15, 0.2) is 0 Å². The van der Waals surface area contributed by atoms with Crippen LogP contribution in [0.25, 0.3) is 0 Å². The number of amides is 2. The fourth-order valence-electron chi connectivity index (χ4n) is 1.62. The maximum Gasteiger partial charge on any atom is 0.323 e. The van der Waals surface area contributed by atoms with Gasteiger partial charge in [0.2, 0.25) is 0 Å². The molecule has 0 aromatic heterocycles. The molecule has 2 amide bonds. The zero-order chi connectivity index (χ0) is 15.4. The lowest BCUT2D eigenvalue weighted by Crippen LogP contribution is -2.23. The predicted molar refractivity (Wildman–Crippen MR) is 79.9 cm³/mol. The molecule has 7 heteroatoms. The third-order valence-corrected chi connectivity index (χ3v) is 3.09. The van der Waals surface area contributed by atoms with Crippen LogP contribution in [0.15, 0.2) is 42.5 Å². The Kier molecular flexibility index (Phi) is 4.67. The van der Waals surface area contributed by atoms with E-state index in [-0.39, 0.29) is 16.3 Å². The van der Waals surface area contributed by atoms with E-state index in [2.05, 4.69) is 10.6 Å². The van der Waals surface area contributed by atoms with E-state index in [1.54, 1.807) is 24.3 Å². The van der Waals surface area contributed by atoms with Crippen LogP contribution in [0.3, 0.4) is 0 Å². The summed E-state index contributed by atoms with van der Waals surface area (Å²) >= 11 is 11.5. The summed E-state index contributed by atoms with van der Waals surface area (Å²) in [6.45, 7) is 0. The van der Waals surface area contributed by atoms with E-state index in [0.29, 0.717) is 10.7 Å². The minimum atomic E-state index is -1.42. The molecule has 0 aliphatic heterocycles. The van der Waals surface area contributed by atoms with E-state index in [1.807, 2.05) is 0 Å². The molecule has 108 valence electrons. The molecule has 0 radical (unpaired) electrons. The molecule has 2 N–H and O–H groups in total. The minimum Gasteiger partial charge on any atom is -0.545 e. The number of aromatic carboxylic acids is 1. The number of carbonyl (C=O) groups is 2. The van der Waals surface area contributed by atoms with Gasteiger partial charge in [-0.3, -0.25) is 0 Å². The van der Waals surface area contributed by atoms with Crippen molar-refractivity contribution < 1.29 is 14.7 Å². The maximum absolute atomic E-state index is 11.8. The first kappa shape index (κ1) is 15.2. The number of carbonyl (C=O) groups excluding carboxylic acids is 2. The summed E-state index contributed by atoms with van der Waals surface area (Å²) in [7, 11) is 0. The summed E-state index contributed by atoms with van der Waals surface area (Å²) in [5.41, 5.74) is 0.587. The quantitative estimate of drug-likeness (QED) is 0.910. The zero-order valence-corrected chi connectivity index (χ0v) is 12.0. The van der Waals surface area contributed by atoms with Crippen molar-refractivity contribution in [3.05, 3.63) is 58.1 Å². The molecule has 2 rings (SSSR count). The molecule has 21 heavy (non-hydrogen) atoms. The largest absolute Gasteiger partial charge is 0.545 e. The van der Waals surface area contributed by atoms with E-state index >= 15 is 0 Å². The Bertz CT molecular complexity index is 704. The highest BCUT2D eigenvalue weighted by Crippen LogP contribution is 2.20. The number of hydrogen-bond acceptors (Lipinski definition) is 3. The van der Waals surface area contributed by atoms with Crippen LogP contribution in [0.4, 0.5) is 16.2 Å².